The first-order chi connectivity index (χ1) is 7.52. The van der Waals surface area contributed by atoms with E-state index in [0.717, 1.165) is 6.42 Å². The lowest BCUT2D eigenvalue weighted by molar-refractivity contribution is -0.141. The molecule has 88 valence electrons. The molecule has 16 heavy (non-hydrogen) atoms. The molecule has 0 aliphatic carbocycles. The third-order valence-electron chi connectivity index (χ3n) is 2.74. The molecule has 0 fully saturated rings. The Bertz CT molecular complexity index is 361. The average Bonchev–Trinajstić information content (AvgIpc) is 2.25. The molecule has 1 aromatic rings. The minimum Gasteiger partial charge on any atom is -0.481 e. The molecule has 1 aromatic carbocycles. The minimum atomic E-state index is -0.720. The number of para-hydroxylation sites is 1. The van der Waals surface area contributed by atoms with E-state index in [1.807, 2.05) is 26.2 Å². The van der Waals surface area contributed by atoms with Crippen LogP contribution in [0.3, 0.4) is 0 Å². The maximum absolute atomic E-state index is 10.7. The van der Waals surface area contributed by atoms with Crippen LogP contribution in [0.4, 0.5) is 5.69 Å². The van der Waals surface area contributed by atoms with Crippen molar-refractivity contribution in [3.63, 3.8) is 0 Å². The maximum atomic E-state index is 10.7. The molecule has 0 heterocycles. The van der Waals surface area contributed by atoms with Gasteiger partial charge in [-0.3, -0.25) is 4.79 Å². The number of rotatable bonds is 5. The minimum absolute atomic E-state index is 0.282. The van der Waals surface area contributed by atoms with Gasteiger partial charge in [0, 0.05) is 19.8 Å². The average molecular weight is 221 g/mol. The Morgan fingerprint density at radius 1 is 1.38 bits per heavy atom. The second-order valence-corrected chi connectivity index (χ2v) is 4.30. The van der Waals surface area contributed by atoms with Gasteiger partial charge >= 0.3 is 5.97 Å². The summed E-state index contributed by atoms with van der Waals surface area (Å²) >= 11 is 0. The molecule has 1 N–H and O–H groups in total. The lowest BCUT2D eigenvalue weighted by atomic mass is 10.00. The Kier molecular flexibility index (Phi) is 4.35. The Morgan fingerprint density at radius 3 is 2.56 bits per heavy atom. The van der Waals surface area contributed by atoms with Crippen molar-refractivity contribution in [3.8, 4) is 0 Å². The molecular weight excluding hydrogens is 202 g/mol. The van der Waals surface area contributed by atoms with Gasteiger partial charge in [-0.25, -0.2) is 0 Å². The molecule has 1 unspecified atom stereocenters. The van der Waals surface area contributed by atoms with E-state index < -0.39 is 5.97 Å². The number of anilines is 1. The van der Waals surface area contributed by atoms with Gasteiger partial charge in [0.15, 0.2) is 0 Å². The topological polar surface area (TPSA) is 40.5 Å². The number of benzene rings is 1. The number of aryl methyl sites for hydroxylation is 1. The summed E-state index contributed by atoms with van der Waals surface area (Å²) < 4.78 is 0. The van der Waals surface area contributed by atoms with Crippen molar-refractivity contribution in [2.75, 3.05) is 19.0 Å². The molecule has 0 saturated heterocycles. The van der Waals surface area contributed by atoms with Crippen LogP contribution < -0.4 is 4.90 Å². The number of carboxylic acids is 1. The van der Waals surface area contributed by atoms with E-state index in [2.05, 4.69) is 17.0 Å². The summed E-state index contributed by atoms with van der Waals surface area (Å²) in [5.41, 5.74) is 2.38. The Hall–Kier alpha value is -1.51. The molecule has 0 spiro atoms. The zero-order chi connectivity index (χ0) is 12.1. The molecule has 3 nitrogen and oxygen atoms in total. The van der Waals surface area contributed by atoms with Crippen molar-refractivity contribution in [1.29, 1.82) is 0 Å². The molecule has 0 bridgehead atoms. The number of carboxylic acid groups (broad SMARTS) is 1. The van der Waals surface area contributed by atoms with Crippen LogP contribution in [-0.4, -0.2) is 25.2 Å². The Balaban J connectivity index is 2.70. The van der Waals surface area contributed by atoms with E-state index in [4.69, 9.17) is 5.11 Å². The first-order valence-corrected chi connectivity index (χ1v) is 5.50. The van der Waals surface area contributed by atoms with E-state index in [1.54, 1.807) is 6.92 Å². The summed E-state index contributed by atoms with van der Waals surface area (Å²) in [5, 5.41) is 8.83. The molecule has 0 aromatic heterocycles. The molecule has 0 radical (unpaired) electrons. The number of aliphatic carboxylic acids is 1. The third kappa shape index (κ3) is 3.26. The molecule has 0 amide bonds. The lowest BCUT2D eigenvalue weighted by Gasteiger charge is -2.17. The van der Waals surface area contributed by atoms with Crippen LogP contribution in [0.1, 0.15) is 18.9 Å². The molecular formula is C13H19NO2. The van der Waals surface area contributed by atoms with Crippen molar-refractivity contribution in [1.82, 2.24) is 0 Å². The van der Waals surface area contributed by atoms with Crippen molar-refractivity contribution in [2.24, 2.45) is 5.92 Å². The van der Waals surface area contributed by atoms with Crippen molar-refractivity contribution in [2.45, 2.75) is 19.8 Å². The smallest absolute Gasteiger partial charge is 0.306 e. The molecule has 0 aliphatic rings. The molecule has 1 atom stereocenters. The fraction of sp³-hybridized carbons (Fsp3) is 0.462. The van der Waals surface area contributed by atoms with Crippen LogP contribution in [0.15, 0.2) is 24.3 Å². The number of hydrogen-bond acceptors (Lipinski definition) is 2. The highest BCUT2D eigenvalue weighted by Crippen LogP contribution is 2.21. The summed E-state index contributed by atoms with van der Waals surface area (Å²) in [7, 11) is 4.00. The first-order valence-electron chi connectivity index (χ1n) is 5.50. The second-order valence-electron chi connectivity index (χ2n) is 4.30. The summed E-state index contributed by atoms with van der Waals surface area (Å²) in [6.45, 7) is 1.75. The summed E-state index contributed by atoms with van der Waals surface area (Å²) in [4.78, 5) is 12.8. The summed E-state index contributed by atoms with van der Waals surface area (Å²) in [6.07, 6.45) is 1.49. The van der Waals surface area contributed by atoms with Gasteiger partial charge in [0.1, 0.15) is 0 Å². The molecule has 3 heteroatoms. The van der Waals surface area contributed by atoms with E-state index in [1.165, 1.54) is 11.3 Å². The molecule has 0 aliphatic heterocycles. The highest BCUT2D eigenvalue weighted by Gasteiger charge is 2.12. The lowest BCUT2D eigenvalue weighted by Crippen LogP contribution is -2.13. The SMILES string of the molecule is CC(CCc1ccccc1N(C)C)C(=O)O. The van der Waals surface area contributed by atoms with Crippen molar-refractivity contribution < 1.29 is 9.90 Å². The fourth-order valence-corrected chi connectivity index (χ4v) is 1.65. The van der Waals surface area contributed by atoms with E-state index in [0.29, 0.717) is 6.42 Å². The van der Waals surface area contributed by atoms with Gasteiger partial charge in [-0.15, -0.1) is 0 Å². The predicted molar refractivity (Wildman–Crippen MR) is 65.9 cm³/mol. The van der Waals surface area contributed by atoms with Crippen LogP contribution in [-0.2, 0) is 11.2 Å². The van der Waals surface area contributed by atoms with Gasteiger partial charge < -0.3 is 10.0 Å². The van der Waals surface area contributed by atoms with Gasteiger partial charge in [-0.1, -0.05) is 25.1 Å². The monoisotopic (exact) mass is 221 g/mol. The van der Waals surface area contributed by atoms with E-state index in [-0.39, 0.29) is 5.92 Å². The van der Waals surface area contributed by atoms with Gasteiger partial charge in [0.05, 0.1) is 5.92 Å². The third-order valence-corrected chi connectivity index (χ3v) is 2.74. The number of nitrogens with zero attached hydrogens (tertiary/aromatic N) is 1. The Labute approximate surface area is 96.7 Å². The molecule has 1 rings (SSSR count). The number of hydrogen-bond donors (Lipinski definition) is 1. The standard InChI is InChI=1S/C13H19NO2/c1-10(13(15)16)8-9-11-6-4-5-7-12(11)14(2)3/h4-7,10H,8-9H2,1-3H3,(H,15,16). The number of carbonyl (C=O) groups is 1. The summed E-state index contributed by atoms with van der Waals surface area (Å²) in [5.74, 6) is -1.00. The zero-order valence-electron chi connectivity index (χ0n) is 10.1. The highest BCUT2D eigenvalue weighted by molar-refractivity contribution is 5.69. The normalized spacial score (nSPS) is 12.2. The second kappa shape index (κ2) is 5.54. The van der Waals surface area contributed by atoms with Crippen LogP contribution in [0.25, 0.3) is 0 Å². The van der Waals surface area contributed by atoms with E-state index >= 15 is 0 Å². The zero-order valence-corrected chi connectivity index (χ0v) is 10.1. The van der Waals surface area contributed by atoms with Gasteiger partial charge in [0.25, 0.3) is 0 Å². The quantitative estimate of drug-likeness (QED) is 0.830. The fourth-order valence-electron chi connectivity index (χ4n) is 1.65. The summed E-state index contributed by atoms with van der Waals surface area (Å²) in [6, 6.07) is 8.11. The van der Waals surface area contributed by atoms with Gasteiger partial charge in [0.2, 0.25) is 0 Å². The van der Waals surface area contributed by atoms with Gasteiger partial charge in [-0.05, 0) is 24.5 Å². The van der Waals surface area contributed by atoms with Crippen LogP contribution in [0.2, 0.25) is 0 Å². The van der Waals surface area contributed by atoms with Crippen LogP contribution >= 0.6 is 0 Å². The Morgan fingerprint density at radius 2 is 2.00 bits per heavy atom. The molecule has 0 saturated carbocycles. The van der Waals surface area contributed by atoms with Crippen molar-refractivity contribution in [3.05, 3.63) is 29.8 Å². The largest absolute Gasteiger partial charge is 0.481 e. The van der Waals surface area contributed by atoms with Crippen LogP contribution in [0.5, 0.6) is 0 Å². The van der Waals surface area contributed by atoms with Crippen molar-refractivity contribution >= 4 is 11.7 Å². The predicted octanol–water partition coefficient (Wildman–Crippen LogP) is 2.41. The van der Waals surface area contributed by atoms with Gasteiger partial charge in [-0.2, -0.15) is 0 Å². The first kappa shape index (κ1) is 12.6. The highest BCUT2D eigenvalue weighted by atomic mass is 16.4. The van der Waals surface area contributed by atoms with E-state index in [9.17, 15) is 4.79 Å². The maximum Gasteiger partial charge on any atom is 0.306 e. The van der Waals surface area contributed by atoms with Crippen LogP contribution in [0, 0.1) is 5.92 Å².